The van der Waals surface area contributed by atoms with Crippen molar-refractivity contribution in [2.45, 2.75) is 31.7 Å². The number of hydrogen-bond donors (Lipinski definition) is 1. The lowest BCUT2D eigenvalue weighted by Crippen LogP contribution is -2.40. The number of halogens is 2. The average Bonchev–Trinajstić information content (AvgIpc) is 2.40. The highest BCUT2D eigenvalue weighted by Crippen LogP contribution is 2.37. The second-order valence-corrected chi connectivity index (χ2v) is 2.82. The first-order chi connectivity index (χ1) is 4.02. The van der Waals surface area contributed by atoms with Crippen LogP contribution in [0.5, 0.6) is 0 Å². The zero-order valence-electron chi connectivity index (χ0n) is 5.40. The summed E-state index contributed by atoms with van der Waals surface area (Å²) in [5.74, 6) is -2.59. The highest BCUT2D eigenvalue weighted by molar-refractivity contribution is 4.90. The maximum Gasteiger partial charge on any atom is 0.260 e. The number of alkyl halides is 2. The smallest absolute Gasteiger partial charge is 0.260 e. The van der Waals surface area contributed by atoms with Crippen molar-refractivity contribution in [3.05, 3.63) is 0 Å². The van der Waals surface area contributed by atoms with E-state index >= 15 is 0 Å². The Bertz CT molecular complexity index is 104. The Morgan fingerprint density at radius 3 is 2.11 bits per heavy atom. The number of hydrogen-bond acceptors (Lipinski definition) is 1. The van der Waals surface area contributed by atoms with E-state index in [4.69, 9.17) is 5.73 Å². The van der Waals surface area contributed by atoms with Crippen molar-refractivity contribution < 1.29 is 8.78 Å². The summed E-state index contributed by atoms with van der Waals surface area (Å²) in [4.78, 5) is 0. The maximum absolute atomic E-state index is 12.3. The van der Waals surface area contributed by atoms with Crippen LogP contribution in [0.15, 0.2) is 0 Å². The molecule has 3 heteroatoms. The highest BCUT2D eigenvalue weighted by Gasteiger charge is 2.41. The van der Waals surface area contributed by atoms with Gasteiger partial charge in [0.05, 0.1) is 6.04 Å². The van der Waals surface area contributed by atoms with Gasteiger partial charge >= 0.3 is 0 Å². The van der Waals surface area contributed by atoms with Crippen molar-refractivity contribution in [1.82, 2.24) is 0 Å². The van der Waals surface area contributed by atoms with Gasteiger partial charge in [-0.1, -0.05) is 0 Å². The molecule has 1 rings (SSSR count). The molecule has 1 nitrogen and oxygen atoms in total. The molecule has 1 saturated carbocycles. The number of nitrogens with two attached hydrogens (primary N) is 1. The van der Waals surface area contributed by atoms with Crippen LogP contribution in [0.1, 0.15) is 19.8 Å². The van der Waals surface area contributed by atoms with Crippen LogP contribution in [0.2, 0.25) is 0 Å². The molecule has 1 aliphatic carbocycles. The Hall–Kier alpha value is -0.180. The molecule has 0 aromatic heterocycles. The summed E-state index contributed by atoms with van der Waals surface area (Å²) in [6.07, 6.45) is 1.76. The molecule has 54 valence electrons. The Morgan fingerprint density at radius 2 is 2.00 bits per heavy atom. The van der Waals surface area contributed by atoms with Gasteiger partial charge in [0.1, 0.15) is 0 Å². The normalized spacial score (nSPS) is 24.0. The van der Waals surface area contributed by atoms with Crippen LogP contribution in [0, 0.1) is 5.92 Å². The maximum atomic E-state index is 12.3. The minimum Gasteiger partial charge on any atom is -0.322 e. The molecule has 1 atom stereocenters. The Kier molecular flexibility index (Phi) is 1.47. The van der Waals surface area contributed by atoms with Crippen molar-refractivity contribution in [3.8, 4) is 0 Å². The third-order valence-corrected chi connectivity index (χ3v) is 1.72. The molecule has 2 N–H and O–H groups in total. The summed E-state index contributed by atoms with van der Waals surface area (Å²) in [6, 6.07) is -0.905. The summed E-state index contributed by atoms with van der Waals surface area (Å²) in [7, 11) is 0. The molecule has 0 bridgehead atoms. The molecular weight excluding hydrogens is 124 g/mol. The van der Waals surface area contributed by atoms with Gasteiger partial charge in [-0.15, -0.1) is 0 Å². The van der Waals surface area contributed by atoms with E-state index in [9.17, 15) is 8.78 Å². The Balaban J connectivity index is 2.40. The standard InChI is InChI=1S/C6H11F2N/c1-6(7,8)5(9)4-2-3-4/h4-5H,2-3,9H2,1H3. The van der Waals surface area contributed by atoms with Crippen LogP contribution in [-0.4, -0.2) is 12.0 Å². The first kappa shape index (κ1) is 6.93. The molecule has 0 aromatic rings. The first-order valence-corrected chi connectivity index (χ1v) is 3.15. The third kappa shape index (κ3) is 1.61. The molecule has 0 aliphatic heterocycles. The van der Waals surface area contributed by atoms with Gasteiger partial charge in [-0.25, -0.2) is 8.78 Å². The molecular formula is C6H11F2N. The topological polar surface area (TPSA) is 26.0 Å². The van der Waals surface area contributed by atoms with E-state index in [1.54, 1.807) is 0 Å². The third-order valence-electron chi connectivity index (χ3n) is 1.72. The van der Waals surface area contributed by atoms with Crippen molar-refractivity contribution in [2.24, 2.45) is 11.7 Å². The zero-order valence-corrected chi connectivity index (χ0v) is 5.40. The molecule has 1 unspecified atom stereocenters. The summed E-state index contributed by atoms with van der Waals surface area (Å²) < 4.78 is 24.6. The lowest BCUT2D eigenvalue weighted by Gasteiger charge is -2.17. The second kappa shape index (κ2) is 1.90. The van der Waals surface area contributed by atoms with E-state index in [0.717, 1.165) is 19.8 Å². The van der Waals surface area contributed by atoms with Gasteiger partial charge in [0, 0.05) is 6.92 Å². The van der Waals surface area contributed by atoms with Crippen molar-refractivity contribution in [3.63, 3.8) is 0 Å². The van der Waals surface area contributed by atoms with Crippen LogP contribution in [0.25, 0.3) is 0 Å². The van der Waals surface area contributed by atoms with E-state index in [-0.39, 0.29) is 5.92 Å². The van der Waals surface area contributed by atoms with Gasteiger partial charge < -0.3 is 5.73 Å². The van der Waals surface area contributed by atoms with Gasteiger partial charge in [0.25, 0.3) is 5.92 Å². The predicted molar refractivity (Wildman–Crippen MR) is 31.3 cm³/mol. The summed E-state index contributed by atoms with van der Waals surface area (Å²) in [6.45, 7) is 0.885. The fraction of sp³-hybridized carbons (Fsp3) is 1.00. The molecule has 9 heavy (non-hydrogen) atoms. The van der Waals surface area contributed by atoms with Gasteiger partial charge in [-0.2, -0.15) is 0 Å². The minimum absolute atomic E-state index is 0.0880. The lowest BCUT2D eigenvalue weighted by atomic mass is 10.1. The van der Waals surface area contributed by atoms with E-state index in [1.807, 2.05) is 0 Å². The molecule has 0 radical (unpaired) electrons. The van der Waals surface area contributed by atoms with Crippen molar-refractivity contribution >= 4 is 0 Å². The molecule has 0 saturated heterocycles. The Labute approximate surface area is 53.2 Å². The minimum atomic E-state index is -2.68. The average molecular weight is 135 g/mol. The molecule has 0 amide bonds. The number of rotatable bonds is 2. The van der Waals surface area contributed by atoms with Crippen LogP contribution >= 0.6 is 0 Å². The Morgan fingerprint density at radius 1 is 1.56 bits per heavy atom. The van der Waals surface area contributed by atoms with E-state index in [2.05, 4.69) is 0 Å². The largest absolute Gasteiger partial charge is 0.322 e. The van der Waals surface area contributed by atoms with Crippen molar-refractivity contribution in [2.75, 3.05) is 0 Å². The van der Waals surface area contributed by atoms with E-state index in [1.165, 1.54) is 0 Å². The van der Waals surface area contributed by atoms with Gasteiger partial charge in [-0.3, -0.25) is 0 Å². The lowest BCUT2D eigenvalue weighted by molar-refractivity contribution is -0.0121. The van der Waals surface area contributed by atoms with Crippen molar-refractivity contribution in [1.29, 1.82) is 0 Å². The van der Waals surface area contributed by atoms with Gasteiger partial charge in [0.15, 0.2) is 0 Å². The fourth-order valence-electron chi connectivity index (χ4n) is 0.869. The summed E-state index contributed by atoms with van der Waals surface area (Å²) in [5.41, 5.74) is 5.21. The summed E-state index contributed by atoms with van der Waals surface area (Å²) in [5, 5.41) is 0. The van der Waals surface area contributed by atoms with Gasteiger partial charge in [0.2, 0.25) is 0 Å². The molecule has 0 spiro atoms. The monoisotopic (exact) mass is 135 g/mol. The zero-order chi connectivity index (χ0) is 7.07. The predicted octanol–water partition coefficient (Wildman–Crippen LogP) is 1.38. The molecule has 1 aliphatic rings. The fourth-order valence-corrected chi connectivity index (χ4v) is 0.869. The van der Waals surface area contributed by atoms with E-state index < -0.39 is 12.0 Å². The second-order valence-electron chi connectivity index (χ2n) is 2.82. The van der Waals surface area contributed by atoms with Crippen LogP contribution in [-0.2, 0) is 0 Å². The quantitative estimate of drug-likeness (QED) is 0.608. The molecule has 0 aromatic carbocycles. The molecule has 1 fully saturated rings. The first-order valence-electron chi connectivity index (χ1n) is 3.15. The SMILES string of the molecule is CC(F)(F)C(N)C1CC1. The van der Waals surface area contributed by atoms with Gasteiger partial charge in [-0.05, 0) is 18.8 Å². The van der Waals surface area contributed by atoms with E-state index in [0.29, 0.717) is 0 Å². The van der Waals surface area contributed by atoms with Crippen LogP contribution in [0.3, 0.4) is 0 Å². The van der Waals surface area contributed by atoms with Crippen LogP contribution in [0.4, 0.5) is 8.78 Å². The highest BCUT2D eigenvalue weighted by atomic mass is 19.3. The molecule has 0 heterocycles. The van der Waals surface area contributed by atoms with Crippen LogP contribution < -0.4 is 5.73 Å². The summed E-state index contributed by atoms with van der Waals surface area (Å²) >= 11 is 0.